The van der Waals surface area contributed by atoms with Gasteiger partial charge in [0.25, 0.3) is 0 Å². The van der Waals surface area contributed by atoms with Gasteiger partial charge in [0.05, 0.1) is 6.04 Å². The fraction of sp³-hybridized carbons (Fsp3) is 0.125. The van der Waals surface area contributed by atoms with E-state index in [0.29, 0.717) is 16.8 Å². The molecule has 46 heavy (non-hydrogen) atoms. The van der Waals surface area contributed by atoms with Crippen LogP contribution in [0.1, 0.15) is 38.7 Å². The molecule has 6 nitrogen and oxygen atoms in total. The number of para-hydroxylation sites is 2. The van der Waals surface area contributed by atoms with Crippen molar-refractivity contribution in [1.29, 1.82) is 0 Å². The van der Waals surface area contributed by atoms with Gasteiger partial charge in [-0.15, -0.1) is 0 Å². The molecule has 8 rings (SSSR count). The van der Waals surface area contributed by atoms with E-state index in [4.69, 9.17) is 4.74 Å². The summed E-state index contributed by atoms with van der Waals surface area (Å²) in [6, 6.07) is 41.7. The number of Topliss-reactive ketones (excluding diaryl/α,β-unsaturated/α-hetero) is 1. The Labute approximate surface area is 267 Å². The summed E-state index contributed by atoms with van der Waals surface area (Å²) in [6.07, 6.45) is 3.20. The summed E-state index contributed by atoms with van der Waals surface area (Å²) in [7, 11) is 0. The van der Waals surface area contributed by atoms with E-state index in [2.05, 4.69) is 5.32 Å². The van der Waals surface area contributed by atoms with Crippen LogP contribution in [0.2, 0.25) is 0 Å². The van der Waals surface area contributed by atoms with Crippen molar-refractivity contribution < 1.29 is 19.1 Å². The van der Waals surface area contributed by atoms with Crippen molar-refractivity contribution in [3.8, 4) is 0 Å². The van der Waals surface area contributed by atoms with Gasteiger partial charge < -0.3 is 15.0 Å². The minimum absolute atomic E-state index is 0.248. The third-order valence-electron chi connectivity index (χ3n) is 9.56. The lowest BCUT2D eigenvalue weighted by atomic mass is 9.66. The van der Waals surface area contributed by atoms with E-state index in [0.717, 1.165) is 22.4 Å². The molecule has 4 atom stereocenters. The Hall–Kier alpha value is -5.75. The largest absolute Gasteiger partial charge is 0.452 e. The van der Waals surface area contributed by atoms with Gasteiger partial charge in [-0.05, 0) is 34.4 Å². The summed E-state index contributed by atoms with van der Waals surface area (Å²) in [4.78, 5) is 46.5. The highest BCUT2D eigenvalue weighted by molar-refractivity contribution is 6.15. The van der Waals surface area contributed by atoms with Crippen LogP contribution >= 0.6 is 0 Å². The Morgan fingerprint density at radius 1 is 0.717 bits per heavy atom. The van der Waals surface area contributed by atoms with Gasteiger partial charge in [-0.1, -0.05) is 140 Å². The number of fused-ring (bicyclic) bond motifs is 6. The number of hydrogen-bond donors (Lipinski definition) is 1. The first-order chi connectivity index (χ1) is 22.6. The van der Waals surface area contributed by atoms with Crippen LogP contribution in [-0.4, -0.2) is 29.7 Å². The number of ketones is 1. The zero-order valence-electron chi connectivity index (χ0n) is 24.8. The maximum atomic E-state index is 15.1. The second-order valence-corrected chi connectivity index (χ2v) is 11.9. The standard InChI is InChI=1S/C40H30N2O4/c43-36(27-15-4-1-5-16-27)35-34(38(44)46-37(28-17-6-2-7-18-28)29-19-8-3-9-20-29)40(30-21-11-12-22-31(30)41-39(40)45)33-25-24-26-14-10-13-23-32(26)42(33)35/h1-25,33-35,37H,(H,41,45)/t33-,34+,35-,40-/m1/s1. The topological polar surface area (TPSA) is 75.7 Å². The van der Waals surface area contributed by atoms with Gasteiger partial charge in [0.15, 0.2) is 11.9 Å². The van der Waals surface area contributed by atoms with Gasteiger partial charge in [0.1, 0.15) is 17.4 Å². The van der Waals surface area contributed by atoms with Crippen molar-refractivity contribution in [3.63, 3.8) is 0 Å². The molecule has 5 aromatic rings. The molecule has 1 N–H and O–H groups in total. The van der Waals surface area contributed by atoms with Crippen LogP contribution in [0.15, 0.2) is 146 Å². The van der Waals surface area contributed by atoms with Gasteiger partial charge in [-0.25, -0.2) is 0 Å². The quantitative estimate of drug-likeness (QED) is 0.168. The maximum Gasteiger partial charge on any atom is 0.314 e. The number of carbonyl (C=O) groups excluding carboxylic acids is 3. The van der Waals surface area contributed by atoms with E-state index in [-0.39, 0.29) is 11.7 Å². The van der Waals surface area contributed by atoms with Gasteiger partial charge in [-0.2, -0.15) is 0 Å². The molecular weight excluding hydrogens is 572 g/mol. The molecule has 1 spiro atoms. The molecule has 3 aliphatic heterocycles. The van der Waals surface area contributed by atoms with E-state index in [1.54, 1.807) is 12.1 Å². The number of anilines is 2. The number of amides is 1. The minimum atomic E-state index is -1.44. The molecule has 3 aliphatic rings. The van der Waals surface area contributed by atoms with Crippen LogP contribution < -0.4 is 10.2 Å². The van der Waals surface area contributed by atoms with Crippen molar-refractivity contribution in [3.05, 3.63) is 173 Å². The lowest BCUT2D eigenvalue weighted by Crippen LogP contribution is -2.51. The second kappa shape index (κ2) is 11.0. The van der Waals surface area contributed by atoms with Crippen molar-refractivity contribution in [2.75, 3.05) is 10.2 Å². The fourth-order valence-electron chi connectivity index (χ4n) is 7.63. The normalized spacial score (nSPS) is 22.2. The van der Waals surface area contributed by atoms with Crippen LogP contribution in [0.3, 0.4) is 0 Å². The predicted molar refractivity (Wildman–Crippen MR) is 177 cm³/mol. The lowest BCUT2D eigenvalue weighted by Gasteiger charge is -2.37. The highest BCUT2D eigenvalue weighted by Crippen LogP contribution is 2.58. The summed E-state index contributed by atoms with van der Waals surface area (Å²) in [5, 5.41) is 3.07. The number of hydrogen-bond acceptors (Lipinski definition) is 5. The summed E-state index contributed by atoms with van der Waals surface area (Å²) < 4.78 is 6.55. The number of nitrogens with zero attached hydrogens (tertiary/aromatic N) is 1. The second-order valence-electron chi connectivity index (χ2n) is 11.9. The molecule has 0 aliphatic carbocycles. The zero-order valence-corrected chi connectivity index (χ0v) is 24.8. The van der Waals surface area contributed by atoms with Crippen LogP contribution in [-0.2, 0) is 19.7 Å². The fourth-order valence-corrected chi connectivity index (χ4v) is 7.63. The molecule has 6 heteroatoms. The van der Waals surface area contributed by atoms with E-state index in [9.17, 15) is 9.59 Å². The summed E-state index contributed by atoms with van der Waals surface area (Å²) in [6.45, 7) is 0. The molecule has 1 fully saturated rings. The predicted octanol–water partition coefficient (Wildman–Crippen LogP) is 6.99. The lowest BCUT2D eigenvalue weighted by molar-refractivity contribution is -0.156. The molecule has 0 unspecified atom stereocenters. The Morgan fingerprint density at radius 2 is 1.30 bits per heavy atom. The number of carbonyl (C=O) groups is 3. The summed E-state index contributed by atoms with van der Waals surface area (Å²) in [5.41, 5.74) is 3.62. The Kier molecular flexibility index (Phi) is 6.64. The van der Waals surface area contributed by atoms with Gasteiger partial charge >= 0.3 is 5.97 Å². The minimum Gasteiger partial charge on any atom is -0.452 e. The Morgan fingerprint density at radius 3 is 2.00 bits per heavy atom. The number of rotatable bonds is 6. The zero-order chi connectivity index (χ0) is 31.3. The van der Waals surface area contributed by atoms with Crippen molar-refractivity contribution in [1.82, 2.24) is 0 Å². The first kappa shape index (κ1) is 27.8. The van der Waals surface area contributed by atoms with Crippen molar-refractivity contribution in [2.24, 2.45) is 5.92 Å². The SMILES string of the molecule is O=C(OC(c1ccccc1)c1ccccc1)[C@@H]1[C@H](C(=O)c2ccccc2)N2c3ccccc3C=C[C@@H]2[C@@]12C(=O)Nc1ccccc12. The number of esters is 1. The molecule has 0 aromatic heterocycles. The molecule has 1 amide bonds. The highest BCUT2D eigenvalue weighted by atomic mass is 16.5. The van der Waals surface area contributed by atoms with Crippen LogP contribution in [0.4, 0.5) is 11.4 Å². The molecular formula is C40H30N2O4. The van der Waals surface area contributed by atoms with Gasteiger partial charge in [-0.3, -0.25) is 14.4 Å². The molecule has 0 bridgehead atoms. The molecule has 0 radical (unpaired) electrons. The number of benzene rings is 5. The van der Waals surface area contributed by atoms with Crippen molar-refractivity contribution in [2.45, 2.75) is 23.6 Å². The molecule has 3 heterocycles. The van der Waals surface area contributed by atoms with E-state index in [1.807, 2.05) is 144 Å². The summed E-state index contributed by atoms with van der Waals surface area (Å²) in [5.74, 6) is -2.37. The van der Waals surface area contributed by atoms with Crippen molar-refractivity contribution >= 4 is 35.1 Å². The van der Waals surface area contributed by atoms with E-state index < -0.39 is 35.5 Å². The van der Waals surface area contributed by atoms with Crippen LogP contribution in [0.25, 0.3) is 6.08 Å². The average molecular weight is 603 g/mol. The highest BCUT2D eigenvalue weighted by Gasteiger charge is 2.71. The van der Waals surface area contributed by atoms with Gasteiger partial charge in [0.2, 0.25) is 5.91 Å². The van der Waals surface area contributed by atoms with Gasteiger partial charge in [0, 0.05) is 16.9 Å². The molecule has 0 saturated carbocycles. The monoisotopic (exact) mass is 602 g/mol. The number of nitrogens with one attached hydrogen (secondary N) is 1. The maximum absolute atomic E-state index is 15.1. The summed E-state index contributed by atoms with van der Waals surface area (Å²) >= 11 is 0. The van der Waals surface area contributed by atoms with E-state index >= 15 is 4.79 Å². The van der Waals surface area contributed by atoms with E-state index in [1.165, 1.54) is 0 Å². The molecule has 5 aromatic carbocycles. The smallest absolute Gasteiger partial charge is 0.314 e. The third-order valence-corrected chi connectivity index (χ3v) is 9.56. The first-order valence-corrected chi connectivity index (χ1v) is 15.4. The van der Waals surface area contributed by atoms with Crippen LogP contribution in [0.5, 0.6) is 0 Å². The third kappa shape index (κ3) is 4.14. The molecule has 1 saturated heterocycles. The number of ether oxygens (including phenoxy) is 1. The Bertz CT molecular complexity index is 1950. The van der Waals surface area contributed by atoms with Crippen LogP contribution in [0, 0.1) is 5.92 Å². The Balaban J connectivity index is 1.36. The average Bonchev–Trinajstić information content (AvgIpc) is 3.60. The molecule has 224 valence electrons. The first-order valence-electron chi connectivity index (χ1n) is 15.4.